The Balaban J connectivity index is 1.38. The normalized spacial score (nSPS) is 22.9. The Hall–Kier alpha value is -5.05. The van der Waals surface area contributed by atoms with Gasteiger partial charge in [-0.1, -0.05) is 38.1 Å². The van der Waals surface area contributed by atoms with Crippen molar-refractivity contribution >= 4 is 35.0 Å². The maximum Gasteiger partial charge on any atom is 0.272 e. The molecule has 226 valence electrons. The van der Waals surface area contributed by atoms with Gasteiger partial charge in [-0.2, -0.15) is 10.4 Å². The number of nitrogens with zero attached hydrogens (tertiary/aromatic N) is 5. The molecule has 1 spiro atoms. The summed E-state index contributed by atoms with van der Waals surface area (Å²) in [5.74, 6) is -2.59. The fraction of sp³-hybridized carbons (Fsp3) is 0.375. The van der Waals surface area contributed by atoms with Crippen LogP contribution in [0.1, 0.15) is 48.3 Å². The topological polar surface area (TPSA) is 140 Å². The van der Waals surface area contributed by atoms with Crippen molar-refractivity contribution in [1.29, 1.82) is 5.26 Å². The number of aromatic nitrogens is 2. The number of fused-ring (bicyclic) bond motifs is 3. The average Bonchev–Trinajstić information content (AvgIpc) is 3.68. The summed E-state index contributed by atoms with van der Waals surface area (Å²) in [6.45, 7) is 3.75. The van der Waals surface area contributed by atoms with E-state index >= 15 is 0 Å². The first-order valence-corrected chi connectivity index (χ1v) is 14.6. The van der Waals surface area contributed by atoms with Crippen molar-refractivity contribution in [3.8, 4) is 6.07 Å². The summed E-state index contributed by atoms with van der Waals surface area (Å²) in [4.78, 5) is 57.8. The van der Waals surface area contributed by atoms with Crippen molar-refractivity contribution < 1.29 is 23.6 Å². The molecule has 2 N–H and O–H groups in total. The van der Waals surface area contributed by atoms with E-state index in [1.54, 1.807) is 31.4 Å². The highest BCUT2D eigenvalue weighted by Crippen LogP contribution is 2.47. The Bertz CT molecular complexity index is 1730. The van der Waals surface area contributed by atoms with Gasteiger partial charge in [0.1, 0.15) is 29.6 Å². The van der Waals surface area contributed by atoms with Crippen LogP contribution in [0.4, 0.5) is 15.8 Å². The largest absolute Gasteiger partial charge is 0.338 e. The fourth-order valence-corrected chi connectivity index (χ4v) is 6.67. The maximum atomic E-state index is 14.7. The first-order valence-electron chi connectivity index (χ1n) is 14.6. The second-order valence-electron chi connectivity index (χ2n) is 12.1. The van der Waals surface area contributed by atoms with Gasteiger partial charge in [-0.25, -0.2) is 4.39 Å². The first kappa shape index (κ1) is 29.0. The van der Waals surface area contributed by atoms with Crippen molar-refractivity contribution in [3.05, 3.63) is 77.4 Å². The molecule has 4 heterocycles. The number of hydrogen-bond acceptors (Lipinski definition) is 6. The summed E-state index contributed by atoms with van der Waals surface area (Å²) in [5, 5.41) is 19.9. The third-order valence-electron chi connectivity index (χ3n) is 8.73. The van der Waals surface area contributed by atoms with Crippen molar-refractivity contribution in [2.45, 2.75) is 56.7 Å². The van der Waals surface area contributed by atoms with Gasteiger partial charge in [0.2, 0.25) is 11.8 Å². The molecule has 4 amide bonds. The molecule has 6 rings (SSSR count). The Kier molecular flexibility index (Phi) is 7.19. The summed E-state index contributed by atoms with van der Waals surface area (Å²) in [6, 6.07) is 11.9. The molecule has 4 atom stereocenters. The monoisotopic (exact) mass is 597 g/mol. The lowest BCUT2D eigenvalue weighted by molar-refractivity contribution is -0.135. The van der Waals surface area contributed by atoms with Gasteiger partial charge in [-0.15, -0.1) is 0 Å². The van der Waals surface area contributed by atoms with Gasteiger partial charge in [0.25, 0.3) is 11.8 Å². The van der Waals surface area contributed by atoms with Gasteiger partial charge in [-0.05, 0) is 47.7 Å². The number of amides is 4. The molecule has 0 unspecified atom stereocenters. The van der Waals surface area contributed by atoms with Crippen LogP contribution in [-0.2, 0) is 33.3 Å². The number of hydrogen-bond donors (Lipinski definition) is 2. The lowest BCUT2D eigenvalue weighted by atomic mass is 9.80. The Labute approximate surface area is 253 Å². The van der Waals surface area contributed by atoms with Crippen molar-refractivity contribution in [2.24, 2.45) is 13.0 Å². The predicted molar refractivity (Wildman–Crippen MR) is 158 cm³/mol. The number of nitriles is 1. The predicted octanol–water partition coefficient (Wildman–Crippen LogP) is 2.68. The van der Waals surface area contributed by atoms with Crippen LogP contribution in [-0.4, -0.2) is 63.0 Å². The van der Waals surface area contributed by atoms with E-state index in [4.69, 9.17) is 0 Å². The molecule has 0 saturated carbocycles. The number of likely N-dealkylation sites (tertiary alicyclic amines) is 1. The molecule has 1 aromatic heterocycles. The number of nitrogens with one attached hydrogen (secondary N) is 2. The van der Waals surface area contributed by atoms with E-state index in [-0.39, 0.29) is 49.0 Å². The van der Waals surface area contributed by atoms with Crippen LogP contribution in [0.2, 0.25) is 0 Å². The molecule has 11 nitrogen and oxygen atoms in total. The zero-order chi connectivity index (χ0) is 31.3. The molecular weight excluding hydrogens is 565 g/mol. The summed E-state index contributed by atoms with van der Waals surface area (Å²) in [5.41, 5.74) is 1.20. The number of para-hydroxylation sites is 1. The van der Waals surface area contributed by atoms with Gasteiger partial charge >= 0.3 is 0 Å². The zero-order valence-corrected chi connectivity index (χ0v) is 24.6. The molecular formula is C32H32FN7O4. The smallest absolute Gasteiger partial charge is 0.272 e. The van der Waals surface area contributed by atoms with Crippen LogP contribution in [0.15, 0.2) is 54.7 Å². The third kappa shape index (κ3) is 4.78. The number of aryl methyl sites for hydroxylation is 1. The van der Waals surface area contributed by atoms with Gasteiger partial charge < -0.3 is 15.5 Å². The molecule has 44 heavy (non-hydrogen) atoms. The molecule has 0 radical (unpaired) electrons. The first-order chi connectivity index (χ1) is 21.0. The molecule has 3 aliphatic rings. The molecule has 0 aliphatic carbocycles. The van der Waals surface area contributed by atoms with Gasteiger partial charge in [0.05, 0.1) is 17.2 Å². The standard InChI is InChI=1S/C32H32FN7O4/c1-18(2)12-27(30(43)39-17-32(15-21(39)16-34)22-6-4-5-7-23(22)36-31(32)44)40-26-14-20(33)9-8-19(26)13-25(29(40)42)35-28(41)24-10-11-38(3)37-24/h4-11,14,18,21,25,27H,12-13,15,17H2,1-3H3,(H,35,41)(H,36,44)/t21-,25-,27-,32-/m0/s1. The second kappa shape index (κ2) is 10.9. The van der Waals surface area contributed by atoms with Gasteiger partial charge in [0, 0.05) is 38.3 Å². The summed E-state index contributed by atoms with van der Waals surface area (Å²) in [6.07, 6.45) is 2.01. The molecule has 3 aliphatic heterocycles. The number of rotatable bonds is 6. The molecule has 1 saturated heterocycles. The Morgan fingerprint density at radius 3 is 2.68 bits per heavy atom. The van der Waals surface area contributed by atoms with Crippen LogP contribution < -0.4 is 15.5 Å². The minimum atomic E-state index is -1.12. The lowest BCUT2D eigenvalue weighted by Gasteiger charge is -2.41. The quantitative estimate of drug-likeness (QED) is 0.448. The minimum Gasteiger partial charge on any atom is -0.338 e. The van der Waals surface area contributed by atoms with Crippen LogP contribution in [0, 0.1) is 23.1 Å². The van der Waals surface area contributed by atoms with Crippen molar-refractivity contribution in [2.75, 3.05) is 16.8 Å². The van der Waals surface area contributed by atoms with E-state index in [0.29, 0.717) is 11.3 Å². The van der Waals surface area contributed by atoms with Gasteiger partial charge in [-0.3, -0.25) is 28.8 Å². The van der Waals surface area contributed by atoms with E-state index in [1.165, 1.54) is 32.7 Å². The van der Waals surface area contributed by atoms with E-state index in [0.717, 1.165) is 5.56 Å². The molecule has 0 bridgehead atoms. The second-order valence-corrected chi connectivity index (χ2v) is 12.1. The van der Waals surface area contributed by atoms with E-state index in [1.807, 2.05) is 26.0 Å². The zero-order valence-electron chi connectivity index (χ0n) is 24.6. The third-order valence-corrected chi connectivity index (χ3v) is 8.73. The summed E-state index contributed by atoms with van der Waals surface area (Å²) >= 11 is 0. The highest BCUT2D eigenvalue weighted by molar-refractivity contribution is 6.09. The number of halogens is 1. The molecule has 3 aromatic rings. The van der Waals surface area contributed by atoms with E-state index < -0.39 is 47.1 Å². The number of anilines is 2. The van der Waals surface area contributed by atoms with Crippen LogP contribution in [0.5, 0.6) is 0 Å². The fourth-order valence-electron chi connectivity index (χ4n) is 6.67. The van der Waals surface area contributed by atoms with Gasteiger partial charge in [0.15, 0.2) is 0 Å². The van der Waals surface area contributed by atoms with E-state index in [2.05, 4.69) is 21.8 Å². The van der Waals surface area contributed by atoms with E-state index in [9.17, 15) is 28.8 Å². The number of carbonyl (C=O) groups is 4. The van der Waals surface area contributed by atoms with Crippen LogP contribution >= 0.6 is 0 Å². The van der Waals surface area contributed by atoms with Crippen LogP contribution in [0.3, 0.4) is 0 Å². The highest BCUT2D eigenvalue weighted by Gasteiger charge is 2.57. The minimum absolute atomic E-state index is 0.0423. The molecule has 1 fully saturated rings. The SMILES string of the molecule is CC(C)C[C@@H](C(=O)N1C[C@]2(C[C@H]1C#N)C(=O)Nc1ccccc12)N1C(=O)[C@@H](NC(=O)c2ccn(C)n2)Cc2ccc(F)cc21. The van der Waals surface area contributed by atoms with Crippen LogP contribution in [0.25, 0.3) is 0 Å². The lowest BCUT2D eigenvalue weighted by Crippen LogP contribution is -2.60. The molecule has 12 heteroatoms. The van der Waals surface area contributed by atoms with Crippen molar-refractivity contribution in [1.82, 2.24) is 20.0 Å². The number of carbonyl (C=O) groups excluding carboxylic acids is 4. The van der Waals surface area contributed by atoms with Crippen molar-refractivity contribution in [3.63, 3.8) is 0 Å². The average molecular weight is 598 g/mol. The molecule has 2 aromatic carbocycles. The Morgan fingerprint density at radius 2 is 1.98 bits per heavy atom. The number of benzene rings is 2. The maximum absolute atomic E-state index is 14.7. The summed E-state index contributed by atoms with van der Waals surface area (Å²) in [7, 11) is 1.67. The summed E-state index contributed by atoms with van der Waals surface area (Å²) < 4.78 is 16.1. The Morgan fingerprint density at radius 1 is 1.20 bits per heavy atom. The highest BCUT2D eigenvalue weighted by atomic mass is 19.1.